The van der Waals surface area contributed by atoms with Gasteiger partial charge < -0.3 is 15.0 Å². The maximum absolute atomic E-state index is 13.1. The summed E-state index contributed by atoms with van der Waals surface area (Å²) in [5.41, 5.74) is 0.747. The molecule has 2 heterocycles. The lowest BCUT2D eigenvalue weighted by atomic mass is 10.1. The molecule has 7 heteroatoms. The van der Waals surface area contributed by atoms with Crippen molar-refractivity contribution in [2.24, 2.45) is 0 Å². The molecule has 1 aromatic heterocycles. The average molecular weight is 411 g/mol. The number of carbonyl (C=O) groups is 2. The molecule has 1 atom stereocenters. The highest BCUT2D eigenvalue weighted by Gasteiger charge is 2.37. The fourth-order valence-electron chi connectivity index (χ4n) is 3.45. The lowest BCUT2D eigenvalue weighted by Gasteiger charge is -2.33. The van der Waals surface area contributed by atoms with Gasteiger partial charge in [0.15, 0.2) is 11.6 Å². The number of hydrogen-bond acceptors (Lipinski definition) is 5. The number of unbranched alkanes of at least 4 members (excludes halogenated alkanes) is 1. The Morgan fingerprint density at radius 3 is 2.70 bits per heavy atom. The summed E-state index contributed by atoms with van der Waals surface area (Å²) < 4.78 is 5.91. The number of rotatable bonds is 10. The van der Waals surface area contributed by atoms with E-state index in [-0.39, 0.29) is 18.4 Å². The van der Waals surface area contributed by atoms with Gasteiger partial charge in [-0.25, -0.2) is 4.98 Å². The Hall–Kier alpha value is -2.93. The lowest BCUT2D eigenvalue weighted by Crippen LogP contribution is -2.47. The van der Waals surface area contributed by atoms with E-state index in [0.29, 0.717) is 18.1 Å². The van der Waals surface area contributed by atoms with Crippen LogP contribution < -0.4 is 15.0 Å². The highest BCUT2D eigenvalue weighted by atomic mass is 16.5. The summed E-state index contributed by atoms with van der Waals surface area (Å²) in [6, 6.07) is 12.8. The van der Waals surface area contributed by atoms with E-state index in [1.54, 1.807) is 18.3 Å². The molecule has 0 radical (unpaired) electrons. The van der Waals surface area contributed by atoms with Crippen molar-refractivity contribution in [2.45, 2.75) is 32.8 Å². The zero-order valence-corrected chi connectivity index (χ0v) is 17.7. The van der Waals surface area contributed by atoms with Crippen molar-refractivity contribution in [3.63, 3.8) is 0 Å². The van der Waals surface area contributed by atoms with E-state index in [4.69, 9.17) is 4.74 Å². The number of likely N-dealkylation sites (N-methyl/N-ethyl adjacent to an activating group) is 1. The number of pyridine rings is 1. The molecule has 0 unspecified atom stereocenters. The Balaban J connectivity index is 1.66. The van der Waals surface area contributed by atoms with Crippen LogP contribution in [0.4, 0.5) is 5.82 Å². The van der Waals surface area contributed by atoms with Crippen LogP contribution in [-0.4, -0.2) is 54.4 Å². The third-order valence-corrected chi connectivity index (χ3v) is 5.17. The number of nitrogens with one attached hydrogen (secondary N) is 1. The van der Waals surface area contributed by atoms with E-state index in [0.717, 1.165) is 38.0 Å². The highest BCUT2D eigenvalue weighted by Crippen LogP contribution is 2.36. The fourth-order valence-corrected chi connectivity index (χ4v) is 3.45. The highest BCUT2D eigenvalue weighted by molar-refractivity contribution is 6.03. The predicted octanol–water partition coefficient (Wildman–Crippen LogP) is 2.79. The number of benzene rings is 1. The SMILES string of the molecule is CCCCN(CC)CCNC(=O)CN1C(=O)[C@H](c2ccccc2)Oc2cccnc21. The predicted molar refractivity (Wildman–Crippen MR) is 116 cm³/mol. The molecule has 30 heavy (non-hydrogen) atoms. The first-order valence-electron chi connectivity index (χ1n) is 10.6. The molecule has 1 N–H and O–H groups in total. The van der Waals surface area contributed by atoms with Gasteiger partial charge in [0.1, 0.15) is 6.54 Å². The second kappa shape index (κ2) is 10.7. The van der Waals surface area contributed by atoms with Gasteiger partial charge in [-0.05, 0) is 31.6 Å². The molecule has 160 valence electrons. The van der Waals surface area contributed by atoms with Crippen LogP contribution in [0, 0.1) is 0 Å². The molecular formula is C23H30N4O3. The van der Waals surface area contributed by atoms with Crippen LogP contribution in [0.5, 0.6) is 5.75 Å². The summed E-state index contributed by atoms with van der Waals surface area (Å²) in [6.07, 6.45) is 3.10. The maximum atomic E-state index is 13.1. The smallest absolute Gasteiger partial charge is 0.274 e. The minimum atomic E-state index is -0.791. The minimum absolute atomic E-state index is 0.0867. The zero-order chi connectivity index (χ0) is 21.3. The van der Waals surface area contributed by atoms with E-state index < -0.39 is 6.10 Å². The average Bonchev–Trinajstić information content (AvgIpc) is 2.78. The van der Waals surface area contributed by atoms with Crippen LogP contribution in [0.2, 0.25) is 0 Å². The second-order valence-corrected chi connectivity index (χ2v) is 7.30. The van der Waals surface area contributed by atoms with Gasteiger partial charge in [0, 0.05) is 24.8 Å². The molecule has 0 bridgehead atoms. The number of hydrogen-bond donors (Lipinski definition) is 1. The number of carbonyl (C=O) groups excluding carboxylic acids is 2. The van der Waals surface area contributed by atoms with Crippen LogP contribution >= 0.6 is 0 Å². The first-order chi connectivity index (χ1) is 14.6. The van der Waals surface area contributed by atoms with Crippen LogP contribution in [0.3, 0.4) is 0 Å². The van der Waals surface area contributed by atoms with Gasteiger partial charge >= 0.3 is 0 Å². The van der Waals surface area contributed by atoms with Gasteiger partial charge in [-0.1, -0.05) is 50.6 Å². The van der Waals surface area contributed by atoms with Crippen molar-refractivity contribution in [1.29, 1.82) is 0 Å². The van der Waals surface area contributed by atoms with Gasteiger partial charge in [-0.2, -0.15) is 0 Å². The third kappa shape index (κ3) is 5.36. The maximum Gasteiger partial charge on any atom is 0.274 e. The van der Waals surface area contributed by atoms with Gasteiger partial charge in [0.25, 0.3) is 5.91 Å². The summed E-state index contributed by atoms with van der Waals surface area (Å²) in [5, 5.41) is 2.93. The number of fused-ring (bicyclic) bond motifs is 1. The largest absolute Gasteiger partial charge is 0.472 e. The molecule has 0 fully saturated rings. The zero-order valence-electron chi connectivity index (χ0n) is 17.7. The summed E-state index contributed by atoms with van der Waals surface area (Å²) in [6.45, 7) is 7.53. The molecule has 0 saturated carbocycles. The third-order valence-electron chi connectivity index (χ3n) is 5.17. The van der Waals surface area contributed by atoms with Crippen molar-refractivity contribution < 1.29 is 14.3 Å². The summed E-state index contributed by atoms with van der Waals surface area (Å²) in [4.78, 5) is 33.8. The van der Waals surface area contributed by atoms with Crippen molar-refractivity contribution in [3.8, 4) is 5.75 Å². The topological polar surface area (TPSA) is 74.8 Å². The van der Waals surface area contributed by atoms with Crippen LogP contribution in [0.25, 0.3) is 0 Å². The summed E-state index contributed by atoms with van der Waals surface area (Å²) in [5.74, 6) is 0.374. The molecule has 2 amide bonds. The van der Waals surface area contributed by atoms with Crippen molar-refractivity contribution in [3.05, 3.63) is 54.2 Å². The Morgan fingerprint density at radius 2 is 1.97 bits per heavy atom. The standard InChI is InChI=1S/C23H30N4O3/c1-3-5-15-26(4-2)16-14-24-20(28)17-27-22-19(12-9-13-25-22)30-21(23(27)29)18-10-7-6-8-11-18/h6-13,21H,3-5,14-17H2,1-2H3,(H,24,28)/t21-/m0/s1. The van der Waals surface area contributed by atoms with Crippen LogP contribution in [0.1, 0.15) is 38.4 Å². The van der Waals surface area contributed by atoms with E-state index in [2.05, 4.69) is 29.0 Å². The van der Waals surface area contributed by atoms with Crippen molar-refractivity contribution in [1.82, 2.24) is 15.2 Å². The molecule has 1 aliphatic heterocycles. The number of anilines is 1. The van der Waals surface area contributed by atoms with E-state index in [9.17, 15) is 9.59 Å². The van der Waals surface area contributed by atoms with Gasteiger partial charge in [-0.3, -0.25) is 14.5 Å². The molecule has 2 aromatic rings. The molecule has 0 spiro atoms. The molecule has 0 saturated heterocycles. The Morgan fingerprint density at radius 1 is 1.17 bits per heavy atom. The van der Waals surface area contributed by atoms with Crippen LogP contribution in [0.15, 0.2) is 48.7 Å². The molecular weight excluding hydrogens is 380 g/mol. The first kappa shape index (κ1) is 21.8. The fraction of sp³-hybridized carbons (Fsp3) is 0.435. The number of aromatic nitrogens is 1. The molecule has 1 aromatic carbocycles. The Kier molecular flexibility index (Phi) is 7.79. The van der Waals surface area contributed by atoms with Gasteiger partial charge in [0.05, 0.1) is 0 Å². The Labute approximate surface area is 178 Å². The van der Waals surface area contributed by atoms with Crippen molar-refractivity contribution >= 4 is 17.6 Å². The number of amides is 2. The molecule has 1 aliphatic rings. The monoisotopic (exact) mass is 410 g/mol. The molecule has 7 nitrogen and oxygen atoms in total. The second-order valence-electron chi connectivity index (χ2n) is 7.30. The van der Waals surface area contributed by atoms with E-state index in [1.165, 1.54) is 4.90 Å². The first-order valence-corrected chi connectivity index (χ1v) is 10.6. The quantitative estimate of drug-likeness (QED) is 0.652. The van der Waals surface area contributed by atoms with Crippen LogP contribution in [-0.2, 0) is 9.59 Å². The summed E-state index contributed by atoms with van der Waals surface area (Å²) in [7, 11) is 0. The Bertz CT molecular complexity index is 843. The normalized spacial score (nSPS) is 15.6. The van der Waals surface area contributed by atoms with Crippen molar-refractivity contribution in [2.75, 3.05) is 37.6 Å². The number of nitrogens with zero attached hydrogens (tertiary/aromatic N) is 3. The van der Waals surface area contributed by atoms with E-state index >= 15 is 0 Å². The van der Waals surface area contributed by atoms with E-state index in [1.807, 2.05) is 30.3 Å². The van der Waals surface area contributed by atoms with Gasteiger partial charge in [0.2, 0.25) is 12.0 Å². The minimum Gasteiger partial charge on any atom is -0.472 e. The molecule has 3 rings (SSSR count). The lowest BCUT2D eigenvalue weighted by molar-refractivity contribution is -0.129. The number of ether oxygens (including phenoxy) is 1. The summed E-state index contributed by atoms with van der Waals surface area (Å²) >= 11 is 0. The molecule has 0 aliphatic carbocycles. The van der Waals surface area contributed by atoms with Gasteiger partial charge in [-0.15, -0.1) is 0 Å².